The molecule has 2 heterocycles. The molecule has 18 heavy (non-hydrogen) atoms. The minimum atomic E-state index is -0.470. The molecule has 1 aromatic heterocycles. The zero-order chi connectivity index (χ0) is 13.1. The third-order valence-corrected chi connectivity index (χ3v) is 3.24. The van der Waals surface area contributed by atoms with E-state index in [2.05, 4.69) is 30.9 Å². The molecule has 94 valence electrons. The summed E-state index contributed by atoms with van der Waals surface area (Å²) in [5.74, 6) is -0.201. The molecule has 0 radical (unpaired) electrons. The Hall–Kier alpha value is -1.66. The normalized spacial score (nSPS) is 18.9. The molecule has 1 aliphatic rings. The first-order valence-corrected chi connectivity index (χ1v) is 6.03. The molecule has 8 heteroatoms. The van der Waals surface area contributed by atoms with Crippen molar-refractivity contribution in [1.82, 2.24) is 4.98 Å². The Kier molecular flexibility index (Phi) is 3.78. The van der Waals surface area contributed by atoms with Gasteiger partial charge in [0.25, 0.3) is 0 Å². The van der Waals surface area contributed by atoms with E-state index in [0.29, 0.717) is 23.3 Å². The Morgan fingerprint density at radius 2 is 2.50 bits per heavy atom. The second kappa shape index (κ2) is 5.32. The topological polar surface area (TPSA) is 82.0 Å². The number of hydrogen-bond donors (Lipinski definition) is 0. The van der Waals surface area contributed by atoms with E-state index < -0.39 is 5.82 Å². The van der Waals surface area contributed by atoms with Crippen molar-refractivity contribution in [3.63, 3.8) is 0 Å². The molecule has 1 saturated heterocycles. The lowest BCUT2D eigenvalue weighted by Gasteiger charge is -2.16. The van der Waals surface area contributed by atoms with E-state index in [1.54, 1.807) is 0 Å². The number of carbonyl (C=O) groups excluding carboxylic acids is 1. The minimum Gasteiger partial charge on any atom is -0.296 e. The van der Waals surface area contributed by atoms with Crippen LogP contribution in [0.3, 0.4) is 0 Å². The van der Waals surface area contributed by atoms with Crippen molar-refractivity contribution >= 4 is 27.7 Å². The molecule has 6 nitrogen and oxygen atoms in total. The molecule has 0 bridgehead atoms. The first-order valence-electron chi connectivity index (χ1n) is 5.24. The molecule has 0 spiro atoms. The third kappa shape index (κ3) is 2.60. The Labute approximate surface area is 111 Å². The van der Waals surface area contributed by atoms with E-state index in [1.807, 2.05) is 0 Å². The van der Waals surface area contributed by atoms with E-state index in [0.717, 1.165) is 6.20 Å². The lowest BCUT2D eigenvalue weighted by molar-refractivity contribution is -0.117. The van der Waals surface area contributed by atoms with Crippen molar-refractivity contribution in [2.45, 2.75) is 6.42 Å². The van der Waals surface area contributed by atoms with Gasteiger partial charge in [0.05, 0.1) is 10.7 Å². The number of aromatic nitrogens is 1. The zero-order valence-corrected chi connectivity index (χ0v) is 10.8. The van der Waals surface area contributed by atoms with Gasteiger partial charge in [0.15, 0.2) is 0 Å². The third-order valence-electron chi connectivity index (χ3n) is 2.65. The SMILES string of the molecule is [N-]=[N+]=NCC1CC(=O)N(c2ncc(F)cc2Br)C1. The Morgan fingerprint density at radius 3 is 3.17 bits per heavy atom. The summed E-state index contributed by atoms with van der Waals surface area (Å²) < 4.78 is 13.4. The van der Waals surface area contributed by atoms with Crippen LogP contribution in [0.2, 0.25) is 0 Å². The predicted octanol–water partition coefficient (Wildman–Crippen LogP) is 2.65. The van der Waals surface area contributed by atoms with Crippen LogP contribution >= 0.6 is 15.9 Å². The van der Waals surface area contributed by atoms with Gasteiger partial charge < -0.3 is 0 Å². The number of anilines is 1. The standard InChI is InChI=1S/C10H9BrFN5O/c11-8-2-7(12)4-14-10(8)17-5-6(1-9(17)18)3-15-16-13/h2,4,6H,1,3,5H2. The van der Waals surface area contributed by atoms with Crippen molar-refractivity contribution in [2.24, 2.45) is 11.0 Å². The fourth-order valence-corrected chi connectivity index (χ4v) is 2.40. The number of nitrogens with zero attached hydrogens (tertiary/aromatic N) is 5. The van der Waals surface area contributed by atoms with Crippen LogP contribution in [0.5, 0.6) is 0 Å². The van der Waals surface area contributed by atoms with Gasteiger partial charge in [0.1, 0.15) is 11.6 Å². The zero-order valence-electron chi connectivity index (χ0n) is 9.25. The quantitative estimate of drug-likeness (QED) is 0.488. The van der Waals surface area contributed by atoms with E-state index >= 15 is 0 Å². The van der Waals surface area contributed by atoms with Crippen LogP contribution < -0.4 is 4.90 Å². The lowest BCUT2D eigenvalue weighted by Crippen LogP contribution is -2.26. The summed E-state index contributed by atoms with van der Waals surface area (Å²) in [5.41, 5.74) is 8.25. The average Bonchev–Trinajstić information content (AvgIpc) is 2.68. The molecule has 0 aromatic carbocycles. The van der Waals surface area contributed by atoms with Crippen LogP contribution in [0.1, 0.15) is 6.42 Å². The maximum absolute atomic E-state index is 12.9. The van der Waals surface area contributed by atoms with Gasteiger partial charge in [-0.25, -0.2) is 9.37 Å². The summed E-state index contributed by atoms with van der Waals surface area (Å²) >= 11 is 3.18. The molecule has 1 atom stereocenters. The molecule has 1 aliphatic heterocycles. The highest BCUT2D eigenvalue weighted by atomic mass is 79.9. The molecule has 1 amide bonds. The van der Waals surface area contributed by atoms with Crippen molar-refractivity contribution < 1.29 is 9.18 Å². The van der Waals surface area contributed by atoms with Gasteiger partial charge in [0, 0.05) is 24.4 Å². The molecule has 1 fully saturated rings. The second-order valence-corrected chi connectivity index (χ2v) is 4.80. The summed E-state index contributed by atoms with van der Waals surface area (Å²) in [6, 6.07) is 1.26. The van der Waals surface area contributed by atoms with Gasteiger partial charge in [-0.15, -0.1) is 0 Å². The van der Waals surface area contributed by atoms with E-state index in [9.17, 15) is 9.18 Å². The number of azide groups is 1. The summed E-state index contributed by atoms with van der Waals surface area (Å²) in [6.07, 6.45) is 1.37. The number of carbonyl (C=O) groups is 1. The average molecular weight is 314 g/mol. The van der Waals surface area contributed by atoms with Gasteiger partial charge in [-0.1, -0.05) is 5.11 Å². The van der Waals surface area contributed by atoms with E-state index in [4.69, 9.17) is 5.53 Å². The monoisotopic (exact) mass is 313 g/mol. The van der Waals surface area contributed by atoms with Crippen LogP contribution in [-0.4, -0.2) is 24.0 Å². The van der Waals surface area contributed by atoms with Crippen molar-refractivity contribution in [3.8, 4) is 0 Å². The van der Waals surface area contributed by atoms with Gasteiger partial charge in [-0.05, 0) is 33.4 Å². The molecule has 0 saturated carbocycles. The fraction of sp³-hybridized carbons (Fsp3) is 0.400. The predicted molar refractivity (Wildman–Crippen MR) is 66.4 cm³/mol. The van der Waals surface area contributed by atoms with Crippen molar-refractivity contribution in [2.75, 3.05) is 18.0 Å². The first-order chi connectivity index (χ1) is 8.61. The number of pyridine rings is 1. The Morgan fingerprint density at radius 1 is 1.72 bits per heavy atom. The molecule has 0 aliphatic carbocycles. The van der Waals surface area contributed by atoms with E-state index in [1.165, 1.54) is 11.0 Å². The van der Waals surface area contributed by atoms with Gasteiger partial charge in [-0.3, -0.25) is 9.69 Å². The largest absolute Gasteiger partial charge is 0.296 e. The van der Waals surface area contributed by atoms with Gasteiger partial charge in [-0.2, -0.15) is 0 Å². The minimum absolute atomic E-state index is 0.0212. The molecular formula is C10H9BrFN5O. The number of amides is 1. The van der Waals surface area contributed by atoms with Crippen LogP contribution in [-0.2, 0) is 4.79 Å². The van der Waals surface area contributed by atoms with Crippen molar-refractivity contribution in [3.05, 3.63) is 33.0 Å². The molecule has 2 rings (SSSR count). The smallest absolute Gasteiger partial charge is 0.228 e. The molecular weight excluding hydrogens is 305 g/mol. The molecule has 1 unspecified atom stereocenters. The van der Waals surface area contributed by atoms with Crippen LogP contribution in [0.4, 0.5) is 10.2 Å². The highest BCUT2D eigenvalue weighted by molar-refractivity contribution is 9.10. The van der Waals surface area contributed by atoms with Crippen molar-refractivity contribution in [1.29, 1.82) is 0 Å². The lowest BCUT2D eigenvalue weighted by atomic mass is 10.1. The van der Waals surface area contributed by atoms with Crippen LogP contribution in [0, 0.1) is 11.7 Å². The Bertz CT molecular complexity index is 531. The highest BCUT2D eigenvalue weighted by Crippen LogP contribution is 2.30. The van der Waals surface area contributed by atoms with Gasteiger partial charge in [0.2, 0.25) is 5.91 Å². The van der Waals surface area contributed by atoms with Gasteiger partial charge >= 0.3 is 0 Å². The number of rotatable bonds is 3. The number of hydrogen-bond acceptors (Lipinski definition) is 3. The highest BCUT2D eigenvalue weighted by Gasteiger charge is 2.31. The maximum Gasteiger partial charge on any atom is 0.228 e. The van der Waals surface area contributed by atoms with Crippen LogP contribution in [0.15, 0.2) is 21.9 Å². The Balaban J connectivity index is 2.18. The summed E-state index contributed by atoms with van der Waals surface area (Å²) in [5, 5.41) is 3.46. The first kappa shape index (κ1) is 12.8. The molecule has 0 N–H and O–H groups in total. The summed E-state index contributed by atoms with van der Waals surface area (Å²) in [6.45, 7) is 0.701. The maximum atomic E-state index is 12.9. The summed E-state index contributed by atoms with van der Waals surface area (Å²) in [4.78, 5) is 19.9. The fourth-order valence-electron chi connectivity index (χ4n) is 1.87. The number of halogens is 2. The van der Waals surface area contributed by atoms with Crippen LogP contribution in [0.25, 0.3) is 10.4 Å². The molecule has 1 aromatic rings. The second-order valence-electron chi connectivity index (χ2n) is 3.95. The van der Waals surface area contributed by atoms with E-state index in [-0.39, 0.29) is 18.4 Å². The summed E-state index contributed by atoms with van der Waals surface area (Å²) in [7, 11) is 0.